The summed E-state index contributed by atoms with van der Waals surface area (Å²) in [6.07, 6.45) is 0. The quantitative estimate of drug-likeness (QED) is 0.784. The van der Waals surface area contributed by atoms with E-state index < -0.39 is 0 Å². The van der Waals surface area contributed by atoms with Gasteiger partial charge in [0.05, 0.1) is 16.4 Å². The summed E-state index contributed by atoms with van der Waals surface area (Å²) in [5.74, 6) is 0. The molecule has 0 bridgehead atoms. The highest BCUT2D eigenvalue weighted by Crippen LogP contribution is 2.32. The van der Waals surface area contributed by atoms with Gasteiger partial charge in [-0.25, -0.2) is 0 Å². The maximum Gasteiger partial charge on any atom is 0.0786 e. The van der Waals surface area contributed by atoms with Gasteiger partial charge in [0.25, 0.3) is 0 Å². The van der Waals surface area contributed by atoms with Crippen molar-refractivity contribution in [1.82, 2.24) is 0 Å². The zero-order chi connectivity index (χ0) is 11.6. The van der Waals surface area contributed by atoms with Gasteiger partial charge in [-0.3, -0.25) is 0 Å². The van der Waals surface area contributed by atoms with E-state index in [2.05, 4.69) is 25.7 Å². The molecule has 0 heterocycles. The van der Waals surface area contributed by atoms with Crippen molar-refractivity contribution in [3.63, 3.8) is 0 Å². The molecule has 15 heavy (non-hydrogen) atoms. The smallest absolute Gasteiger partial charge is 0.0786 e. The molecule has 0 atom stereocenters. The Morgan fingerprint density at radius 2 is 1.93 bits per heavy atom. The van der Waals surface area contributed by atoms with Crippen LogP contribution in [0.4, 0.5) is 11.4 Å². The topological polar surface area (TPSA) is 29.3 Å². The van der Waals surface area contributed by atoms with Crippen LogP contribution in [-0.2, 0) is 0 Å². The average Bonchev–Trinajstić information content (AvgIpc) is 1.99. The van der Waals surface area contributed by atoms with E-state index in [1.807, 2.05) is 25.2 Å². The number of hydrogen-bond acceptors (Lipinski definition) is 2. The van der Waals surface area contributed by atoms with E-state index in [1.54, 1.807) is 0 Å². The van der Waals surface area contributed by atoms with Crippen LogP contribution in [0.5, 0.6) is 0 Å². The van der Waals surface area contributed by atoms with Crippen LogP contribution in [0.25, 0.3) is 0 Å². The Labute approximate surface area is 97.0 Å². The first-order chi connectivity index (χ1) is 6.81. The predicted molar refractivity (Wildman–Crippen MR) is 68.6 cm³/mol. The number of halogens is 1. The first-order valence-corrected chi connectivity index (χ1v) is 5.44. The molecule has 84 valence electrons. The van der Waals surface area contributed by atoms with Crippen LogP contribution in [0.1, 0.15) is 20.8 Å². The molecule has 1 aromatic carbocycles. The molecule has 0 radical (unpaired) electrons. The van der Waals surface area contributed by atoms with E-state index in [4.69, 9.17) is 17.3 Å². The summed E-state index contributed by atoms with van der Waals surface area (Å²) in [4.78, 5) is 2.11. The summed E-state index contributed by atoms with van der Waals surface area (Å²) in [7, 11) is 2.02. The van der Waals surface area contributed by atoms with Crippen LogP contribution in [0.15, 0.2) is 18.2 Å². The van der Waals surface area contributed by atoms with Crippen LogP contribution in [-0.4, -0.2) is 13.6 Å². The lowest BCUT2D eigenvalue weighted by Gasteiger charge is -2.29. The molecule has 0 saturated carbocycles. The highest BCUT2D eigenvalue weighted by atomic mass is 35.5. The molecule has 0 aliphatic heterocycles. The number of benzene rings is 1. The van der Waals surface area contributed by atoms with Crippen LogP contribution < -0.4 is 10.6 Å². The van der Waals surface area contributed by atoms with E-state index in [9.17, 15) is 0 Å². The van der Waals surface area contributed by atoms with Gasteiger partial charge in [0.2, 0.25) is 0 Å². The minimum atomic E-state index is 0.223. The Morgan fingerprint density at radius 1 is 1.33 bits per heavy atom. The normalized spacial score (nSPS) is 11.5. The fraction of sp³-hybridized carbons (Fsp3) is 0.500. The first kappa shape index (κ1) is 12.2. The Bertz CT molecular complexity index is 322. The third kappa shape index (κ3) is 3.31. The summed E-state index contributed by atoms with van der Waals surface area (Å²) >= 11 is 6.13. The summed E-state index contributed by atoms with van der Waals surface area (Å²) in [6.45, 7) is 7.49. The molecular weight excluding hydrogens is 208 g/mol. The Kier molecular flexibility index (Phi) is 3.50. The SMILES string of the molecule is CN(CC(C)(C)C)c1c(N)cccc1Cl. The number of hydrogen-bond donors (Lipinski definition) is 1. The van der Waals surface area contributed by atoms with E-state index in [0.29, 0.717) is 5.02 Å². The van der Waals surface area contributed by atoms with Crippen molar-refractivity contribution in [3.8, 4) is 0 Å². The van der Waals surface area contributed by atoms with Crippen LogP contribution in [0, 0.1) is 5.41 Å². The van der Waals surface area contributed by atoms with Crippen molar-refractivity contribution in [2.45, 2.75) is 20.8 Å². The van der Waals surface area contributed by atoms with Crippen LogP contribution in [0.2, 0.25) is 5.02 Å². The lowest BCUT2D eigenvalue weighted by atomic mass is 9.96. The Balaban J connectivity index is 2.96. The highest BCUT2D eigenvalue weighted by Gasteiger charge is 2.17. The molecule has 0 amide bonds. The van der Waals surface area contributed by atoms with Gasteiger partial charge in [-0.15, -0.1) is 0 Å². The molecule has 2 nitrogen and oxygen atoms in total. The molecule has 0 aromatic heterocycles. The summed E-state index contributed by atoms with van der Waals surface area (Å²) in [5, 5.41) is 0.710. The van der Waals surface area contributed by atoms with E-state index in [-0.39, 0.29) is 5.41 Å². The predicted octanol–water partition coefficient (Wildman–Crippen LogP) is 3.40. The first-order valence-electron chi connectivity index (χ1n) is 5.06. The molecule has 0 aliphatic carbocycles. The van der Waals surface area contributed by atoms with Crippen molar-refractivity contribution in [1.29, 1.82) is 0 Å². The summed E-state index contributed by atoms with van der Waals surface area (Å²) in [5.41, 5.74) is 7.79. The fourth-order valence-electron chi connectivity index (χ4n) is 1.73. The molecule has 3 heteroatoms. The Morgan fingerprint density at radius 3 is 2.40 bits per heavy atom. The number of para-hydroxylation sites is 1. The van der Waals surface area contributed by atoms with E-state index in [0.717, 1.165) is 17.9 Å². The van der Waals surface area contributed by atoms with Crippen LogP contribution >= 0.6 is 11.6 Å². The molecule has 0 aliphatic rings. The number of nitrogens with zero attached hydrogens (tertiary/aromatic N) is 1. The van der Waals surface area contributed by atoms with Gasteiger partial charge in [0.15, 0.2) is 0 Å². The molecule has 0 spiro atoms. The van der Waals surface area contributed by atoms with E-state index >= 15 is 0 Å². The zero-order valence-electron chi connectivity index (χ0n) is 9.84. The van der Waals surface area contributed by atoms with Crippen molar-refractivity contribution < 1.29 is 0 Å². The second kappa shape index (κ2) is 4.31. The van der Waals surface area contributed by atoms with Gasteiger partial charge >= 0.3 is 0 Å². The minimum absolute atomic E-state index is 0.223. The molecule has 0 saturated heterocycles. The van der Waals surface area contributed by atoms with Crippen molar-refractivity contribution >= 4 is 23.0 Å². The van der Waals surface area contributed by atoms with Gasteiger partial charge in [-0.2, -0.15) is 0 Å². The van der Waals surface area contributed by atoms with Gasteiger partial charge in [0, 0.05) is 13.6 Å². The number of nitrogens with two attached hydrogens (primary N) is 1. The maximum absolute atomic E-state index is 6.13. The zero-order valence-corrected chi connectivity index (χ0v) is 10.6. The van der Waals surface area contributed by atoms with Gasteiger partial charge in [-0.05, 0) is 17.5 Å². The van der Waals surface area contributed by atoms with Crippen LogP contribution in [0.3, 0.4) is 0 Å². The van der Waals surface area contributed by atoms with Gasteiger partial charge in [0.1, 0.15) is 0 Å². The van der Waals surface area contributed by atoms with Gasteiger partial charge < -0.3 is 10.6 Å². The summed E-state index contributed by atoms with van der Waals surface area (Å²) < 4.78 is 0. The van der Waals surface area contributed by atoms with Crippen molar-refractivity contribution in [2.75, 3.05) is 24.2 Å². The second-order valence-electron chi connectivity index (χ2n) is 5.09. The molecule has 1 rings (SSSR count). The standard InChI is InChI=1S/C12H19ClN2/c1-12(2,3)8-15(4)11-9(13)6-5-7-10(11)14/h5-7H,8,14H2,1-4H3. The van der Waals surface area contributed by atoms with E-state index in [1.165, 1.54) is 0 Å². The third-order valence-electron chi connectivity index (χ3n) is 2.11. The monoisotopic (exact) mass is 226 g/mol. The van der Waals surface area contributed by atoms with Crippen molar-refractivity contribution in [3.05, 3.63) is 23.2 Å². The number of nitrogen functional groups attached to an aromatic ring is 1. The largest absolute Gasteiger partial charge is 0.397 e. The fourth-order valence-corrected chi connectivity index (χ4v) is 2.05. The maximum atomic E-state index is 6.13. The van der Waals surface area contributed by atoms with Gasteiger partial charge in [-0.1, -0.05) is 38.4 Å². The number of rotatable bonds is 2. The minimum Gasteiger partial charge on any atom is -0.397 e. The molecule has 0 unspecified atom stereocenters. The lowest BCUT2D eigenvalue weighted by Crippen LogP contribution is -2.29. The third-order valence-corrected chi connectivity index (χ3v) is 2.42. The average molecular weight is 227 g/mol. The molecule has 1 aromatic rings. The lowest BCUT2D eigenvalue weighted by molar-refractivity contribution is 0.419. The second-order valence-corrected chi connectivity index (χ2v) is 5.50. The Hall–Kier alpha value is -0.890. The highest BCUT2D eigenvalue weighted by molar-refractivity contribution is 6.33. The summed E-state index contributed by atoms with van der Waals surface area (Å²) in [6, 6.07) is 5.61. The molecule has 0 fully saturated rings. The molecule has 2 N–H and O–H groups in total. The molecular formula is C12H19ClN2. The van der Waals surface area contributed by atoms with Crippen molar-refractivity contribution in [2.24, 2.45) is 5.41 Å². The number of anilines is 2.